The van der Waals surface area contributed by atoms with Gasteiger partial charge in [0.2, 0.25) is 0 Å². The molecular weight excluding hydrogens is 416 g/mol. The van der Waals surface area contributed by atoms with Gasteiger partial charge in [-0.05, 0) is 30.3 Å². The number of benzene rings is 2. The van der Waals surface area contributed by atoms with E-state index < -0.39 is 11.6 Å². The summed E-state index contributed by atoms with van der Waals surface area (Å²) >= 11 is 5.97. The highest BCUT2D eigenvalue weighted by atomic mass is 35.5. The van der Waals surface area contributed by atoms with Crippen LogP contribution in [0.15, 0.2) is 53.1 Å². The lowest BCUT2D eigenvalue weighted by Gasteiger charge is -2.34. The molecule has 1 aliphatic heterocycles. The molecule has 0 atom stereocenters. The third kappa shape index (κ3) is 3.91. The Morgan fingerprint density at radius 1 is 0.933 bits per heavy atom. The van der Waals surface area contributed by atoms with Gasteiger partial charge in [-0.15, -0.1) is 0 Å². The molecule has 0 radical (unpaired) electrons. The van der Waals surface area contributed by atoms with Crippen LogP contribution in [-0.2, 0) is 0 Å². The zero-order valence-electron chi connectivity index (χ0n) is 15.6. The summed E-state index contributed by atoms with van der Waals surface area (Å²) in [7, 11) is 0. The quantitative estimate of drug-likeness (QED) is 0.631. The van der Waals surface area contributed by atoms with Crippen molar-refractivity contribution in [3.05, 3.63) is 76.4 Å². The number of hydrogen-bond acceptors (Lipinski definition) is 4. The van der Waals surface area contributed by atoms with Crippen molar-refractivity contribution in [1.29, 1.82) is 0 Å². The zero-order valence-corrected chi connectivity index (χ0v) is 16.4. The molecule has 9 heteroatoms. The van der Waals surface area contributed by atoms with Gasteiger partial charge >= 0.3 is 0 Å². The third-order valence-corrected chi connectivity index (χ3v) is 5.20. The number of aromatic nitrogens is 1. The molecule has 0 N–H and O–H groups in total. The lowest BCUT2D eigenvalue weighted by molar-refractivity contribution is 0.0530. The Morgan fingerprint density at radius 3 is 2.27 bits per heavy atom. The molecule has 0 bridgehead atoms. The summed E-state index contributed by atoms with van der Waals surface area (Å²) in [6.45, 7) is 1.14. The third-order valence-electron chi connectivity index (χ3n) is 4.88. The van der Waals surface area contributed by atoms with Gasteiger partial charge in [-0.2, -0.15) is 0 Å². The smallest absolute Gasteiger partial charge is 0.276 e. The maximum absolute atomic E-state index is 13.9. The van der Waals surface area contributed by atoms with E-state index in [1.54, 1.807) is 21.9 Å². The second-order valence-electron chi connectivity index (χ2n) is 6.76. The molecule has 154 valence electrons. The van der Waals surface area contributed by atoms with Gasteiger partial charge in [-0.3, -0.25) is 9.59 Å². The number of hydrogen-bond donors (Lipinski definition) is 0. The molecular formula is C21H16ClF2N3O3. The van der Waals surface area contributed by atoms with E-state index in [1.165, 1.54) is 30.3 Å². The highest BCUT2D eigenvalue weighted by Gasteiger charge is 2.28. The van der Waals surface area contributed by atoms with Gasteiger partial charge in [0.1, 0.15) is 11.6 Å². The number of piperazine rings is 1. The van der Waals surface area contributed by atoms with E-state index in [0.717, 1.165) is 6.07 Å². The number of carbonyl (C=O) groups excluding carboxylic acids is 2. The van der Waals surface area contributed by atoms with Crippen LogP contribution in [0, 0.1) is 11.6 Å². The Kier molecular flexibility index (Phi) is 5.50. The zero-order chi connectivity index (χ0) is 21.3. The van der Waals surface area contributed by atoms with Crippen LogP contribution in [0.25, 0.3) is 11.3 Å². The Labute approximate surface area is 175 Å². The van der Waals surface area contributed by atoms with Crippen molar-refractivity contribution in [2.45, 2.75) is 0 Å². The summed E-state index contributed by atoms with van der Waals surface area (Å²) in [5.41, 5.74) is 0.495. The minimum atomic E-state index is -0.519. The van der Waals surface area contributed by atoms with Crippen molar-refractivity contribution in [1.82, 2.24) is 15.0 Å². The van der Waals surface area contributed by atoms with E-state index in [1.807, 2.05) is 0 Å². The van der Waals surface area contributed by atoms with Crippen molar-refractivity contribution in [3.8, 4) is 11.3 Å². The summed E-state index contributed by atoms with van der Waals surface area (Å²) in [5.74, 6) is -1.52. The van der Waals surface area contributed by atoms with Gasteiger partial charge in [-0.25, -0.2) is 8.78 Å². The molecule has 2 amide bonds. The molecule has 1 fully saturated rings. The maximum atomic E-state index is 13.9. The average Bonchev–Trinajstić information content (AvgIpc) is 3.23. The molecule has 0 aliphatic carbocycles. The Bertz CT molecular complexity index is 1110. The minimum Gasteiger partial charge on any atom is -0.355 e. The number of amides is 2. The molecule has 1 saturated heterocycles. The van der Waals surface area contributed by atoms with Gasteiger partial charge in [0, 0.05) is 32.2 Å². The topological polar surface area (TPSA) is 66.7 Å². The highest BCUT2D eigenvalue weighted by molar-refractivity contribution is 6.33. The predicted molar refractivity (Wildman–Crippen MR) is 105 cm³/mol. The van der Waals surface area contributed by atoms with Crippen molar-refractivity contribution >= 4 is 23.4 Å². The van der Waals surface area contributed by atoms with Crippen LogP contribution in [0.4, 0.5) is 8.78 Å². The van der Waals surface area contributed by atoms with E-state index in [2.05, 4.69) is 5.16 Å². The molecule has 1 aliphatic rings. The van der Waals surface area contributed by atoms with Gasteiger partial charge in [-0.1, -0.05) is 28.9 Å². The summed E-state index contributed by atoms with van der Waals surface area (Å²) in [5, 5.41) is 3.81. The fourth-order valence-electron chi connectivity index (χ4n) is 3.27. The van der Waals surface area contributed by atoms with Crippen LogP contribution in [0.2, 0.25) is 5.02 Å². The van der Waals surface area contributed by atoms with Crippen LogP contribution in [0.5, 0.6) is 0 Å². The number of rotatable bonds is 3. The molecule has 30 heavy (non-hydrogen) atoms. The molecule has 0 spiro atoms. The fraction of sp³-hybridized carbons (Fsp3) is 0.190. The molecule has 1 aromatic heterocycles. The van der Waals surface area contributed by atoms with Crippen LogP contribution in [-0.4, -0.2) is 52.9 Å². The first-order valence-corrected chi connectivity index (χ1v) is 9.57. The Morgan fingerprint density at radius 2 is 1.60 bits per heavy atom. The van der Waals surface area contributed by atoms with Crippen LogP contribution < -0.4 is 0 Å². The number of nitrogens with zero attached hydrogens (tertiary/aromatic N) is 3. The minimum absolute atomic E-state index is 0.0433. The largest absolute Gasteiger partial charge is 0.355 e. The Hall–Kier alpha value is -3.26. The second-order valence-corrected chi connectivity index (χ2v) is 7.17. The maximum Gasteiger partial charge on any atom is 0.276 e. The monoisotopic (exact) mass is 431 g/mol. The second kappa shape index (κ2) is 8.23. The summed E-state index contributed by atoms with van der Waals surface area (Å²) in [6.07, 6.45) is 0. The van der Waals surface area contributed by atoms with Crippen LogP contribution in [0.1, 0.15) is 20.8 Å². The van der Waals surface area contributed by atoms with Gasteiger partial charge in [0.05, 0.1) is 16.1 Å². The van der Waals surface area contributed by atoms with Crippen LogP contribution >= 0.6 is 11.6 Å². The van der Waals surface area contributed by atoms with E-state index >= 15 is 0 Å². The first-order valence-electron chi connectivity index (χ1n) is 9.19. The normalized spacial score (nSPS) is 14.1. The summed E-state index contributed by atoms with van der Waals surface area (Å²) in [4.78, 5) is 28.4. The average molecular weight is 432 g/mol. The first kappa shape index (κ1) is 20.0. The first-order chi connectivity index (χ1) is 14.4. The van der Waals surface area contributed by atoms with Crippen molar-refractivity contribution in [2.24, 2.45) is 0 Å². The van der Waals surface area contributed by atoms with E-state index in [9.17, 15) is 18.4 Å². The molecule has 4 rings (SSSR count). The molecule has 6 nitrogen and oxygen atoms in total. The Balaban J connectivity index is 1.41. The molecule has 0 unspecified atom stereocenters. The predicted octanol–water partition coefficient (Wildman–Crippen LogP) is 3.87. The summed E-state index contributed by atoms with van der Waals surface area (Å²) < 4.78 is 32.2. The van der Waals surface area contributed by atoms with E-state index in [4.69, 9.17) is 16.1 Å². The highest BCUT2D eigenvalue weighted by Crippen LogP contribution is 2.24. The van der Waals surface area contributed by atoms with Gasteiger partial charge in [0.15, 0.2) is 11.5 Å². The van der Waals surface area contributed by atoms with Gasteiger partial charge in [0.25, 0.3) is 11.8 Å². The van der Waals surface area contributed by atoms with Crippen LogP contribution in [0.3, 0.4) is 0 Å². The van der Waals surface area contributed by atoms with E-state index in [0.29, 0.717) is 0 Å². The lowest BCUT2D eigenvalue weighted by Crippen LogP contribution is -2.50. The number of carbonyl (C=O) groups is 2. The van der Waals surface area contributed by atoms with Crippen molar-refractivity contribution < 1.29 is 22.9 Å². The standard InChI is InChI=1S/C21H16ClF2N3O3/c22-16-11-13(23)5-6-14(16)20(28)26-7-9-27(10-8-26)21(29)18-12-19(30-25-18)15-3-1-2-4-17(15)24/h1-6,11-12H,7-10H2. The van der Waals surface area contributed by atoms with Crippen molar-refractivity contribution in [2.75, 3.05) is 26.2 Å². The molecule has 2 heterocycles. The summed E-state index contributed by atoms with van der Waals surface area (Å²) in [6, 6.07) is 11.1. The van der Waals surface area contributed by atoms with Crippen molar-refractivity contribution in [3.63, 3.8) is 0 Å². The molecule has 0 saturated carbocycles. The number of halogens is 3. The lowest BCUT2D eigenvalue weighted by atomic mass is 10.1. The van der Waals surface area contributed by atoms with Gasteiger partial charge < -0.3 is 14.3 Å². The fourth-order valence-corrected chi connectivity index (χ4v) is 3.52. The van der Waals surface area contributed by atoms with E-state index in [-0.39, 0.29) is 65.6 Å². The SMILES string of the molecule is O=C(c1cc(-c2ccccc2F)on1)N1CCN(C(=O)c2ccc(F)cc2Cl)CC1. The molecule has 2 aromatic carbocycles. The molecule has 3 aromatic rings.